The van der Waals surface area contributed by atoms with Gasteiger partial charge in [-0.05, 0) is 37.5 Å². The number of amidine groups is 1. The van der Waals surface area contributed by atoms with Crippen molar-refractivity contribution in [1.82, 2.24) is 0 Å². The molecule has 0 saturated carbocycles. The molecule has 1 heterocycles. The second kappa shape index (κ2) is 6.10. The number of nitrogens with zero attached hydrogens (tertiary/aromatic N) is 1. The molecule has 92 valence electrons. The number of nitrogens with one attached hydrogen (secondary N) is 1. The fraction of sp³-hybridized carbons (Fsp3) is 0.500. The van der Waals surface area contributed by atoms with Crippen molar-refractivity contribution in [3.8, 4) is 0 Å². The van der Waals surface area contributed by atoms with Crippen LogP contribution in [0.3, 0.4) is 0 Å². The lowest BCUT2D eigenvalue weighted by molar-refractivity contribution is 0.720. The Bertz CT molecular complexity index is 384. The Morgan fingerprint density at radius 3 is 2.76 bits per heavy atom. The molecule has 17 heavy (non-hydrogen) atoms. The van der Waals surface area contributed by atoms with E-state index in [0.717, 1.165) is 17.3 Å². The van der Waals surface area contributed by atoms with Gasteiger partial charge in [0, 0.05) is 11.4 Å². The maximum absolute atomic E-state index is 4.60. The standard InChI is InChI=1S/C14H20N2S/c1-3-4-12-5-7-13(8-6-12)16-14-15-11(2)9-10-17-14/h5-8,11H,3-4,9-10H2,1-2H3,(H,15,16). The molecule has 0 aliphatic carbocycles. The first-order valence-electron chi connectivity index (χ1n) is 6.34. The molecule has 0 bridgehead atoms. The smallest absolute Gasteiger partial charge is 0.161 e. The summed E-state index contributed by atoms with van der Waals surface area (Å²) < 4.78 is 0. The Labute approximate surface area is 108 Å². The van der Waals surface area contributed by atoms with Gasteiger partial charge in [-0.15, -0.1) is 0 Å². The van der Waals surface area contributed by atoms with Crippen molar-refractivity contribution in [3.05, 3.63) is 29.8 Å². The molecule has 0 fully saturated rings. The van der Waals surface area contributed by atoms with Crippen LogP contribution in [-0.2, 0) is 6.42 Å². The lowest BCUT2D eigenvalue weighted by atomic mass is 10.1. The summed E-state index contributed by atoms with van der Waals surface area (Å²) in [6.45, 7) is 4.38. The summed E-state index contributed by atoms with van der Waals surface area (Å²) in [5.41, 5.74) is 2.55. The molecule has 1 aromatic carbocycles. The highest BCUT2D eigenvalue weighted by atomic mass is 32.2. The minimum atomic E-state index is 0.457. The van der Waals surface area contributed by atoms with Gasteiger partial charge in [-0.25, -0.2) is 0 Å². The Balaban J connectivity index is 1.98. The summed E-state index contributed by atoms with van der Waals surface area (Å²) in [6.07, 6.45) is 3.55. The summed E-state index contributed by atoms with van der Waals surface area (Å²) in [5.74, 6) is 1.17. The zero-order chi connectivity index (χ0) is 12.1. The number of benzene rings is 1. The van der Waals surface area contributed by atoms with Crippen molar-refractivity contribution in [3.63, 3.8) is 0 Å². The predicted molar refractivity (Wildman–Crippen MR) is 78.0 cm³/mol. The summed E-state index contributed by atoms with van der Waals surface area (Å²) in [4.78, 5) is 4.60. The normalized spacial score (nSPS) is 19.9. The average molecular weight is 248 g/mol. The number of hydrogen-bond acceptors (Lipinski definition) is 3. The van der Waals surface area contributed by atoms with Gasteiger partial charge in [0.25, 0.3) is 0 Å². The first-order chi connectivity index (χ1) is 8.28. The van der Waals surface area contributed by atoms with Gasteiger partial charge in [0.2, 0.25) is 0 Å². The highest BCUT2D eigenvalue weighted by Crippen LogP contribution is 2.20. The Morgan fingerprint density at radius 1 is 1.35 bits per heavy atom. The van der Waals surface area contributed by atoms with Crippen molar-refractivity contribution >= 4 is 22.6 Å². The third kappa shape index (κ3) is 3.77. The monoisotopic (exact) mass is 248 g/mol. The van der Waals surface area contributed by atoms with Crippen molar-refractivity contribution in [2.75, 3.05) is 11.1 Å². The lowest BCUT2D eigenvalue weighted by Crippen LogP contribution is -2.17. The highest BCUT2D eigenvalue weighted by molar-refractivity contribution is 8.14. The van der Waals surface area contributed by atoms with Crippen molar-refractivity contribution in [1.29, 1.82) is 0 Å². The van der Waals surface area contributed by atoms with E-state index in [1.807, 2.05) is 11.8 Å². The van der Waals surface area contributed by atoms with Crippen LogP contribution in [0.5, 0.6) is 0 Å². The van der Waals surface area contributed by atoms with E-state index in [1.165, 1.54) is 24.2 Å². The molecule has 0 saturated heterocycles. The van der Waals surface area contributed by atoms with Crippen LogP contribution in [0.25, 0.3) is 0 Å². The molecule has 1 atom stereocenters. The van der Waals surface area contributed by atoms with Gasteiger partial charge < -0.3 is 5.32 Å². The van der Waals surface area contributed by atoms with Gasteiger partial charge in [0.15, 0.2) is 5.17 Å². The highest BCUT2D eigenvalue weighted by Gasteiger charge is 2.11. The molecule has 1 unspecified atom stereocenters. The van der Waals surface area contributed by atoms with Crippen molar-refractivity contribution < 1.29 is 0 Å². The number of thioether (sulfide) groups is 1. The zero-order valence-electron chi connectivity index (χ0n) is 10.6. The second-order valence-electron chi connectivity index (χ2n) is 4.49. The average Bonchev–Trinajstić information content (AvgIpc) is 2.32. The minimum Gasteiger partial charge on any atom is -0.335 e. The molecule has 0 aromatic heterocycles. The molecule has 1 aliphatic rings. The number of rotatable bonds is 3. The number of aryl methyl sites for hydroxylation is 1. The molecular weight excluding hydrogens is 228 g/mol. The molecule has 0 amide bonds. The lowest BCUT2D eigenvalue weighted by Gasteiger charge is -2.17. The van der Waals surface area contributed by atoms with E-state index in [-0.39, 0.29) is 0 Å². The van der Waals surface area contributed by atoms with E-state index in [2.05, 4.69) is 48.4 Å². The molecule has 0 spiro atoms. The van der Waals surface area contributed by atoms with E-state index >= 15 is 0 Å². The molecule has 0 radical (unpaired) electrons. The van der Waals surface area contributed by atoms with E-state index in [4.69, 9.17) is 0 Å². The first-order valence-corrected chi connectivity index (χ1v) is 7.33. The summed E-state index contributed by atoms with van der Waals surface area (Å²) in [5, 5.41) is 4.46. The molecule has 2 nitrogen and oxygen atoms in total. The molecule has 2 rings (SSSR count). The van der Waals surface area contributed by atoms with Crippen LogP contribution in [0, 0.1) is 0 Å². The molecule has 3 heteroatoms. The van der Waals surface area contributed by atoms with E-state index in [0.29, 0.717) is 6.04 Å². The van der Waals surface area contributed by atoms with Crippen LogP contribution in [0.2, 0.25) is 0 Å². The maximum atomic E-state index is 4.60. The number of aliphatic imine (C=N–C) groups is 1. The van der Waals surface area contributed by atoms with Crippen LogP contribution in [0.15, 0.2) is 29.3 Å². The van der Waals surface area contributed by atoms with Gasteiger partial charge >= 0.3 is 0 Å². The predicted octanol–water partition coefficient (Wildman–Crippen LogP) is 3.93. The van der Waals surface area contributed by atoms with Crippen LogP contribution in [-0.4, -0.2) is 17.0 Å². The third-order valence-corrected chi connectivity index (χ3v) is 3.78. The molecular formula is C14H20N2S. The number of hydrogen-bond donors (Lipinski definition) is 1. The molecule has 1 aliphatic heterocycles. The largest absolute Gasteiger partial charge is 0.335 e. The summed E-state index contributed by atoms with van der Waals surface area (Å²) in [6, 6.07) is 9.14. The van der Waals surface area contributed by atoms with Crippen molar-refractivity contribution in [2.24, 2.45) is 4.99 Å². The van der Waals surface area contributed by atoms with Gasteiger partial charge in [0.1, 0.15) is 0 Å². The second-order valence-corrected chi connectivity index (χ2v) is 5.58. The van der Waals surface area contributed by atoms with Crippen LogP contribution >= 0.6 is 11.8 Å². The van der Waals surface area contributed by atoms with E-state index < -0.39 is 0 Å². The van der Waals surface area contributed by atoms with Gasteiger partial charge in [-0.1, -0.05) is 37.2 Å². The van der Waals surface area contributed by atoms with Crippen molar-refractivity contribution in [2.45, 2.75) is 39.2 Å². The fourth-order valence-corrected chi connectivity index (χ4v) is 2.96. The van der Waals surface area contributed by atoms with Crippen LogP contribution < -0.4 is 5.32 Å². The van der Waals surface area contributed by atoms with Gasteiger partial charge in [0.05, 0.1) is 6.04 Å². The summed E-state index contributed by atoms with van der Waals surface area (Å²) in [7, 11) is 0. The van der Waals surface area contributed by atoms with E-state index in [1.54, 1.807) is 0 Å². The molecule has 1 N–H and O–H groups in total. The first kappa shape index (κ1) is 12.5. The Morgan fingerprint density at radius 2 is 2.12 bits per heavy atom. The fourth-order valence-electron chi connectivity index (χ4n) is 1.86. The minimum absolute atomic E-state index is 0.457. The SMILES string of the molecule is CCCc1ccc(NC2=NC(C)CCS2)cc1. The Kier molecular flexibility index (Phi) is 4.49. The molecule has 1 aromatic rings. The maximum Gasteiger partial charge on any atom is 0.161 e. The Hall–Kier alpha value is -0.960. The third-order valence-electron chi connectivity index (χ3n) is 2.86. The number of anilines is 1. The van der Waals surface area contributed by atoms with Gasteiger partial charge in [-0.2, -0.15) is 0 Å². The van der Waals surface area contributed by atoms with Gasteiger partial charge in [-0.3, -0.25) is 4.99 Å². The summed E-state index contributed by atoms with van der Waals surface area (Å²) >= 11 is 1.82. The quantitative estimate of drug-likeness (QED) is 0.876. The topological polar surface area (TPSA) is 24.4 Å². The van der Waals surface area contributed by atoms with E-state index in [9.17, 15) is 0 Å². The van der Waals surface area contributed by atoms with Crippen LogP contribution in [0.4, 0.5) is 5.69 Å². The zero-order valence-corrected chi connectivity index (χ0v) is 11.4. The van der Waals surface area contributed by atoms with Crippen LogP contribution in [0.1, 0.15) is 32.3 Å².